The summed E-state index contributed by atoms with van der Waals surface area (Å²) in [6, 6.07) is 12.5. The van der Waals surface area contributed by atoms with Crippen molar-refractivity contribution in [2.24, 2.45) is 0 Å². The molecule has 0 spiro atoms. The summed E-state index contributed by atoms with van der Waals surface area (Å²) in [5.41, 5.74) is 13.9. The van der Waals surface area contributed by atoms with Crippen LogP contribution in [0.1, 0.15) is 47.5 Å². The minimum atomic E-state index is -0.465. The van der Waals surface area contributed by atoms with Crippen LogP contribution in [0.4, 0.5) is 11.4 Å². The van der Waals surface area contributed by atoms with Crippen molar-refractivity contribution in [3.8, 4) is 5.75 Å². The molecule has 4 N–H and O–H groups in total. The molecule has 0 aromatic heterocycles. The summed E-state index contributed by atoms with van der Waals surface area (Å²) in [6.07, 6.45) is 4.83. The Hall–Kier alpha value is -2.53. The molecule has 0 radical (unpaired) electrons. The van der Waals surface area contributed by atoms with E-state index in [0.717, 1.165) is 25.7 Å². The Bertz CT molecular complexity index is 715. The summed E-state index contributed by atoms with van der Waals surface area (Å²) in [5, 5.41) is 0. The Morgan fingerprint density at radius 2 is 1.56 bits per heavy atom. The van der Waals surface area contributed by atoms with E-state index in [4.69, 9.17) is 20.9 Å². The lowest BCUT2D eigenvalue weighted by atomic mass is 9.83. The minimum Gasteiger partial charge on any atom is -0.423 e. The summed E-state index contributed by atoms with van der Waals surface area (Å²) in [5.74, 6) is 0.595. The number of ether oxygens (including phenoxy) is 2. The average molecular weight is 340 g/mol. The zero-order chi connectivity index (χ0) is 17.8. The number of nitrogen functional groups attached to an aromatic ring is 2. The number of hydrogen-bond donors (Lipinski definition) is 2. The molecule has 0 saturated heterocycles. The van der Waals surface area contributed by atoms with Gasteiger partial charge in [-0.05, 0) is 67.5 Å². The molecule has 0 aliphatic heterocycles. The minimum absolute atomic E-state index is 0.347. The van der Waals surface area contributed by atoms with E-state index in [-0.39, 0.29) is 0 Å². The molecule has 1 aliphatic carbocycles. The zero-order valence-corrected chi connectivity index (χ0v) is 14.4. The topological polar surface area (TPSA) is 87.6 Å². The molecule has 0 unspecified atom stereocenters. The van der Waals surface area contributed by atoms with Crippen LogP contribution in [-0.2, 0) is 4.74 Å². The van der Waals surface area contributed by atoms with Gasteiger partial charge in [-0.25, -0.2) is 4.79 Å². The number of carbonyl (C=O) groups excluding carboxylic acids is 1. The number of nitrogens with two attached hydrogens (primary N) is 2. The van der Waals surface area contributed by atoms with Gasteiger partial charge in [-0.3, -0.25) is 0 Å². The summed E-state index contributed by atoms with van der Waals surface area (Å²) in [6.45, 7) is 0. The molecule has 2 aromatic rings. The van der Waals surface area contributed by atoms with Crippen LogP contribution < -0.4 is 16.2 Å². The third kappa shape index (κ3) is 4.31. The van der Waals surface area contributed by atoms with Crippen LogP contribution in [0.15, 0.2) is 42.5 Å². The van der Waals surface area contributed by atoms with E-state index >= 15 is 0 Å². The van der Waals surface area contributed by atoms with Crippen molar-refractivity contribution in [1.29, 1.82) is 0 Å². The zero-order valence-electron chi connectivity index (χ0n) is 14.4. The van der Waals surface area contributed by atoms with Crippen LogP contribution in [-0.4, -0.2) is 19.2 Å². The molecular formula is C20H24N2O3. The van der Waals surface area contributed by atoms with Gasteiger partial charge in [-0.15, -0.1) is 0 Å². The van der Waals surface area contributed by atoms with Gasteiger partial charge in [-0.1, -0.05) is 12.1 Å². The van der Waals surface area contributed by atoms with Gasteiger partial charge >= 0.3 is 5.97 Å². The number of methoxy groups -OCH3 is 1. The summed E-state index contributed by atoms with van der Waals surface area (Å²) in [7, 11) is 1.78. The van der Waals surface area contributed by atoms with E-state index in [1.165, 1.54) is 5.56 Å². The second-order valence-electron chi connectivity index (χ2n) is 6.56. The number of benzene rings is 2. The predicted molar refractivity (Wildman–Crippen MR) is 98.7 cm³/mol. The Morgan fingerprint density at radius 1 is 0.960 bits per heavy atom. The van der Waals surface area contributed by atoms with Gasteiger partial charge in [0.2, 0.25) is 0 Å². The molecule has 0 amide bonds. The predicted octanol–water partition coefficient (Wildman–Crippen LogP) is 3.74. The molecule has 132 valence electrons. The van der Waals surface area contributed by atoms with E-state index < -0.39 is 5.97 Å². The maximum atomic E-state index is 12.2. The summed E-state index contributed by atoms with van der Waals surface area (Å²) in [4.78, 5) is 12.2. The standard InChI is InChI=1S/C20H24N2O3/c1-24-18-6-2-13(3-7-18)14-4-8-19(9-5-14)25-20(23)15-10-16(21)12-17(22)11-15/h4-5,8-13,18H,2-3,6-7,21-22H2,1H3. The third-order valence-electron chi connectivity index (χ3n) is 4.78. The second kappa shape index (κ2) is 7.57. The fraction of sp³-hybridized carbons (Fsp3) is 0.350. The number of rotatable bonds is 4. The van der Waals surface area contributed by atoms with Crippen LogP contribution >= 0.6 is 0 Å². The Labute approximate surface area is 147 Å². The Morgan fingerprint density at radius 3 is 2.12 bits per heavy atom. The summed E-state index contributed by atoms with van der Waals surface area (Å²) < 4.78 is 10.8. The van der Waals surface area contributed by atoms with Crippen LogP contribution in [0.2, 0.25) is 0 Å². The molecule has 3 rings (SSSR count). The molecule has 5 nitrogen and oxygen atoms in total. The van der Waals surface area contributed by atoms with Crippen LogP contribution in [0.25, 0.3) is 0 Å². The SMILES string of the molecule is COC1CCC(c2ccc(OC(=O)c3cc(N)cc(N)c3)cc2)CC1. The first kappa shape index (κ1) is 17.3. The van der Waals surface area contributed by atoms with E-state index in [1.807, 2.05) is 24.3 Å². The highest BCUT2D eigenvalue weighted by Crippen LogP contribution is 2.34. The van der Waals surface area contributed by atoms with Crippen molar-refractivity contribution in [3.63, 3.8) is 0 Å². The lowest BCUT2D eigenvalue weighted by Gasteiger charge is -2.27. The Kier molecular flexibility index (Phi) is 5.24. The average Bonchev–Trinajstić information content (AvgIpc) is 2.61. The highest BCUT2D eigenvalue weighted by Gasteiger charge is 2.22. The molecule has 1 aliphatic rings. The molecule has 0 heterocycles. The van der Waals surface area contributed by atoms with Gasteiger partial charge in [0.1, 0.15) is 5.75 Å². The number of carbonyl (C=O) groups is 1. The maximum Gasteiger partial charge on any atom is 0.343 e. The fourth-order valence-electron chi connectivity index (χ4n) is 3.40. The van der Waals surface area contributed by atoms with Gasteiger partial charge in [0, 0.05) is 18.5 Å². The van der Waals surface area contributed by atoms with Crippen molar-refractivity contribution in [2.45, 2.75) is 37.7 Å². The fourth-order valence-corrected chi connectivity index (χ4v) is 3.40. The largest absolute Gasteiger partial charge is 0.423 e. The second-order valence-corrected chi connectivity index (χ2v) is 6.56. The van der Waals surface area contributed by atoms with Crippen LogP contribution in [0.3, 0.4) is 0 Å². The van der Waals surface area contributed by atoms with Gasteiger partial charge < -0.3 is 20.9 Å². The van der Waals surface area contributed by atoms with Gasteiger partial charge in [0.05, 0.1) is 11.7 Å². The molecule has 0 atom stereocenters. The Balaban J connectivity index is 1.63. The molecule has 5 heteroatoms. The highest BCUT2D eigenvalue weighted by atomic mass is 16.5. The maximum absolute atomic E-state index is 12.2. The third-order valence-corrected chi connectivity index (χ3v) is 4.78. The highest BCUT2D eigenvalue weighted by molar-refractivity contribution is 5.93. The number of hydrogen-bond acceptors (Lipinski definition) is 5. The van der Waals surface area contributed by atoms with Gasteiger partial charge in [0.15, 0.2) is 0 Å². The first-order valence-corrected chi connectivity index (χ1v) is 8.56. The van der Waals surface area contributed by atoms with Crippen LogP contribution in [0, 0.1) is 0 Å². The quantitative estimate of drug-likeness (QED) is 0.503. The molecule has 2 aromatic carbocycles. The van der Waals surface area contributed by atoms with E-state index in [1.54, 1.807) is 25.3 Å². The first-order chi connectivity index (χ1) is 12.0. The monoisotopic (exact) mass is 340 g/mol. The van der Waals surface area contributed by atoms with E-state index in [2.05, 4.69) is 0 Å². The number of anilines is 2. The smallest absolute Gasteiger partial charge is 0.343 e. The van der Waals surface area contributed by atoms with Crippen molar-refractivity contribution >= 4 is 17.3 Å². The molecule has 0 bridgehead atoms. The van der Waals surface area contributed by atoms with Gasteiger partial charge in [0.25, 0.3) is 0 Å². The van der Waals surface area contributed by atoms with Crippen molar-refractivity contribution in [3.05, 3.63) is 53.6 Å². The van der Waals surface area contributed by atoms with Gasteiger partial charge in [-0.2, -0.15) is 0 Å². The summed E-state index contributed by atoms with van der Waals surface area (Å²) >= 11 is 0. The normalized spacial score (nSPS) is 20.2. The number of esters is 1. The molecular weight excluding hydrogens is 316 g/mol. The molecule has 25 heavy (non-hydrogen) atoms. The van der Waals surface area contributed by atoms with E-state index in [0.29, 0.717) is 34.7 Å². The van der Waals surface area contributed by atoms with Crippen LogP contribution in [0.5, 0.6) is 5.75 Å². The lowest BCUT2D eigenvalue weighted by molar-refractivity contribution is 0.0658. The molecule has 1 fully saturated rings. The van der Waals surface area contributed by atoms with E-state index in [9.17, 15) is 4.79 Å². The first-order valence-electron chi connectivity index (χ1n) is 8.56. The van der Waals surface area contributed by atoms with Crippen molar-refractivity contribution < 1.29 is 14.3 Å². The van der Waals surface area contributed by atoms with Crippen molar-refractivity contribution in [2.75, 3.05) is 18.6 Å². The molecule has 1 saturated carbocycles. The lowest BCUT2D eigenvalue weighted by Crippen LogP contribution is -2.19. The van der Waals surface area contributed by atoms with Crippen molar-refractivity contribution in [1.82, 2.24) is 0 Å².